The molecule has 0 amide bonds. The van der Waals surface area contributed by atoms with Crippen LogP contribution in [-0.2, 0) is 0 Å². The van der Waals surface area contributed by atoms with Gasteiger partial charge in [-0.1, -0.05) is 146 Å². The zero-order valence-corrected chi connectivity index (χ0v) is 33.7. The molecule has 6 heteroatoms. The summed E-state index contributed by atoms with van der Waals surface area (Å²) in [5.74, 6) is 1.66. The predicted molar refractivity (Wildman–Crippen MR) is 256 cm³/mol. The van der Waals surface area contributed by atoms with E-state index in [1.54, 1.807) is 0 Å². The Morgan fingerprint density at radius 2 is 0.889 bits per heavy atom. The zero-order valence-electron chi connectivity index (χ0n) is 33.7. The lowest BCUT2D eigenvalue weighted by atomic mass is 9.99. The van der Waals surface area contributed by atoms with E-state index in [1.165, 1.54) is 27.4 Å². The second kappa shape index (κ2) is 14.0. The molecule has 0 spiro atoms. The van der Waals surface area contributed by atoms with Gasteiger partial charge in [-0.05, 0) is 82.9 Å². The van der Waals surface area contributed by atoms with E-state index in [-0.39, 0.29) is 0 Å². The number of fused-ring (bicyclic) bond motifs is 9. The third-order valence-corrected chi connectivity index (χ3v) is 12.3. The standard InChI is InChI=1S/C57H34N4O2/c1-3-14-35(15-4-1)37-18-11-19-40(32-37)61-48-25-9-7-20-41(48)46-33-38(28-30-49(46)61)39-29-31-51-47(34-39)53-44(23-13-27-52(53)62-51)56-58-55(36-16-5-2-6-17-36)59-57(60-56)45-24-12-22-43-42-21-8-10-26-50(42)63-54(43)45/h1-34H. The highest BCUT2D eigenvalue weighted by molar-refractivity contribution is 6.14. The lowest BCUT2D eigenvalue weighted by Gasteiger charge is -2.11. The van der Waals surface area contributed by atoms with Crippen molar-refractivity contribution >= 4 is 65.7 Å². The van der Waals surface area contributed by atoms with Crippen LogP contribution in [0, 0.1) is 0 Å². The molecule has 0 aliphatic rings. The van der Waals surface area contributed by atoms with Gasteiger partial charge < -0.3 is 13.4 Å². The highest BCUT2D eigenvalue weighted by Gasteiger charge is 2.21. The summed E-state index contributed by atoms with van der Waals surface area (Å²) < 4.78 is 15.4. The first-order valence-corrected chi connectivity index (χ1v) is 21.1. The van der Waals surface area contributed by atoms with Crippen LogP contribution in [-0.4, -0.2) is 19.5 Å². The number of benzene rings is 9. The fraction of sp³-hybridized carbons (Fsp3) is 0. The van der Waals surface area contributed by atoms with Crippen molar-refractivity contribution in [3.63, 3.8) is 0 Å². The third-order valence-electron chi connectivity index (χ3n) is 12.3. The van der Waals surface area contributed by atoms with Crippen LogP contribution in [0.1, 0.15) is 0 Å². The molecule has 0 atom stereocenters. The topological polar surface area (TPSA) is 69.9 Å². The molecule has 6 nitrogen and oxygen atoms in total. The molecule has 0 bridgehead atoms. The number of furan rings is 2. The highest BCUT2D eigenvalue weighted by Crippen LogP contribution is 2.41. The van der Waals surface area contributed by atoms with E-state index in [9.17, 15) is 0 Å². The van der Waals surface area contributed by atoms with Crippen LogP contribution in [0.5, 0.6) is 0 Å². The normalized spacial score (nSPS) is 11.8. The Hall–Kier alpha value is -8.61. The minimum atomic E-state index is 0.535. The van der Waals surface area contributed by atoms with Gasteiger partial charge in [-0.3, -0.25) is 0 Å². The Bertz CT molecular complexity index is 3920. The van der Waals surface area contributed by atoms with Crippen molar-refractivity contribution in [2.45, 2.75) is 0 Å². The SMILES string of the molecule is c1ccc(-c2cccc(-n3c4ccccc4c4cc(-c5ccc6oc7cccc(-c8nc(-c9ccccc9)nc(-c9cccc%10c9oc9ccccc9%10)n8)c7c6c5)ccc43)c2)cc1. The number of hydrogen-bond donors (Lipinski definition) is 0. The molecule has 0 unspecified atom stereocenters. The van der Waals surface area contributed by atoms with Gasteiger partial charge in [-0.25, -0.2) is 15.0 Å². The molecule has 4 heterocycles. The molecule has 0 aliphatic carbocycles. The first-order chi connectivity index (χ1) is 31.2. The minimum Gasteiger partial charge on any atom is -0.456 e. The lowest BCUT2D eigenvalue weighted by Crippen LogP contribution is -2.00. The fourth-order valence-electron chi connectivity index (χ4n) is 9.33. The van der Waals surface area contributed by atoms with E-state index in [0.29, 0.717) is 17.5 Å². The predicted octanol–water partition coefficient (Wildman–Crippen LogP) is 15.1. The Balaban J connectivity index is 0.973. The van der Waals surface area contributed by atoms with Crippen molar-refractivity contribution in [1.82, 2.24) is 19.5 Å². The van der Waals surface area contributed by atoms with Gasteiger partial charge in [-0.2, -0.15) is 0 Å². The molecular weight excluding hydrogens is 773 g/mol. The number of aromatic nitrogens is 4. The largest absolute Gasteiger partial charge is 0.456 e. The van der Waals surface area contributed by atoms with Crippen molar-refractivity contribution in [3.05, 3.63) is 206 Å². The quantitative estimate of drug-likeness (QED) is 0.167. The van der Waals surface area contributed by atoms with E-state index >= 15 is 0 Å². The summed E-state index contributed by atoms with van der Waals surface area (Å²) >= 11 is 0. The summed E-state index contributed by atoms with van der Waals surface area (Å²) in [4.78, 5) is 15.5. The third kappa shape index (κ3) is 5.69. The maximum Gasteiger partial charge on any atom is 0.167 e. The molecule has 0 saturated heterocycles. The number of para-hydroxylation sites is 3. The van der Waals surface area contributed by atoms with Gasteiger partial charge in [-0.15, -0.1) is 0 Å². The Kier molecular flexibility index (Phi) is 7.80. The van der Waals surface area contributed by atoms with Crippen LogP contribution in [0.2, 0.25) is 0 Å². The molecule has 0 aliphatic heterocycles. The van der Waals surface area contributed by atoms with Crippen molar-refractivity contribution in [2.24, 2.45) is 0 Å². The second-order valence-electron chi connectivity index (χ2n) is 15.9. The molecule has 0 radical (unpaired) electrons. The molecule has 0 fully saturated rings. The summed E-state index contributed by atoms with van der Waals surface area (Å²) in [5, 5.41) is 6.40. The van der Waals surface area contributed by atoms with Crippen LogP contribution < -0.4 is 0 Å². The first kappa shape index (κ1) is 35.2. The summed E-state index contributed by atoms with van der Waals surface area (Å²) in [5.41, 5.74) is 13.7. The van der Waals surface area contributed by atoms with E-state index in [0.717, 1.165) is 82.9 Å². The number of nitrogens with zero attached hydrogens (tertiary/aromatic N) is 4. The molecule has 13 rings (SSSR count). The molecule has 0 saturated carbocycles. The van der Waals surface area contributed by atoms with Gasteiger partial charge in [0, 0.05) is 49.1 Å². The Labute approximate surface area is 361 Å². The van der Waals surface area contributed by atoms with Gasteiger partial charge in [0.05, 0.1) is 16.6 Å². The molecule has 0 N–H and O–H groups in total. The van der Waals surface area contributed by atoms with E-state index in [2.05, 4.69) is 138 Å². The van der Waals surface area contributed by atoms with Crippen LogP contribution in [0.4, 0.5) is 0 Å². The minimum absolute atomic E-state index is 0.535. The van der Waals surface area contributed by atoms with Crippen LogP contribution >= 0.6 is 0 Å². The molecule has 4 aromatic heterocycles. The average molecular weight is 807 g/mol. The Morgan fingerprint density at radius 1 is 0.317 bits per heavy atom. The summed E-state index contributed by atoms with van der Waals surface area (Å²) in [6.45, 7) is 0. The molecule has 294 valence electrons. The summed E-state index contributed by atoms with van der Waals surface area (Å²) in [7, 11) is 0. The smallest absolute Gasteiger partial charge is 0.167 e. The molecule has 63 heavy (non-hydrogen) atoms. The van der Waals surface area contributed by atoms with Crippen LogP contribution in [0.15, 0.2) is 215 Å². The van der Waals surface area contributed by atoms with Gasteiger partial charge >= 0.3 is 0 Å². The fourth-order valence-corrected chi connectivity index (χ4v) is 9.33. The van der Waals surface area contributed by atoms with Crippen molar-refractivity contribution in [2.75, 3.05) is 0 Å². The monoisotopic (exact) mass is 806 g/mol. The average Bonchev–Trinajstić information content (AvgIpc) is 4.04. The summed E-state index contributed by atoms with van der Waals surface area (Å²) in [6.07, 6.45) is 0. The van der Waals surface area contributed by atoms with Gasteiger partial charge in [0.15, 0.2) is 17.5 Å². The van der Waals surface area contributed by atoms with Gasteiger partial charge in [0.1, 0.15) is 22.3 Å². The van der Waals surface area contributed by atoms with Crippen LogP contribution in [0.3, 0.4) is 0 Å². The maximum atomic E-state index is 6.56. The number of hydrogen-bond acceptors (Lipinski definition) is 5. The van der Waals surface area contributed by atoms with E-state index in [4.69, 9.17) is 23.8 Å². The van der Waals surface area contributed by atoms with Crippen molar-refractivity contribution in [3.8, 4) is 62.1 Å². The lowest BCUT2D eigenvalue weighted by molar-refractivity contribution is 0.668. The maximum absolute atomic E-state index is 6.56. The first-order valence-electron chi connectivity index (χ1n) is 21.1. The molecular formula is C57H34N4O2. The highest BCUT2D eigenvalue weighted by atomic mass is 16.3. The van der Waals surface area contributed by atoms with E-state index < -0.39 is 0 Å². The molecule has 13 aromatic rings. The molecule has 9 aromatic carbocycles. The van der Waals surface area contributed by atoms with Crippen molar-refractivity contribution < 1.29 is 8.83 Å². The number of rotatable bonds is 6. The zero-order chi connectivity index (χ0) is 41.4. The van der Waals surface area contributed by atoms with Gasteiger partial charge in [0.25, 0.3) is 0 Å². The second-order valence-corrected chi connectivity index (χ2v) is 15.9. The van der Waals surface area contributed by atoms with Crippen LogP contribution in [0.25, 0.3) is 128 Å². The van der Waals surface area contributed by atoms with Crippen molar-refractivity contribution in [1.29, 1.82) is 0 Å². The Morgan fingerprint density at radius 3 is 1.75 bits per heavy atom. The summed E-state index contributed by atoms with van der Waals surface area (Å²) in [6, 6.07) is 71.7. The van der Waals surface area contributed by atoms with E-state index in [1.807, 2.05) is 72.8 Å². The van der Waals surface area contributed by atoms with Gasteiger partial charge in [0.2, 0.25) is 0 Å².